The van der Waals surface area contributed by atoms with Crippen LogP contribution < -0.4 is 14.9 Å². The zero-order chi connectivity index (χ0) is 17.4. The van der Waals surface area contributed by atoms with Crippen LogP contribution in [0.1, 0.15) is 30.9 Å². The quantitative estimate of drug-likeness (QED) is 0.627. The van der Waals surface area contributed by atoms with Gasteiger partial charge in [0, 0.05) is 0 Å². The van der Waals surface area contributed by atoms with Crippen molar-refractivity contribution in [3.8, 4) is 11.5 Å². The second-order valence-electron chi connectivity index (χ2n) is 5.55. The largest absolute Gasteiger partial charge is 0.493 e. The first kappa shape index (κ1) is 17.5. The molecule has 0 fully saturated rings. The average molecular weight is 326 g/mol. The van der Waals surface area contributed by atoms with E-state index < -0.39 is 0 Å². The molecule has 2 rings (SSSR count). The number of benzene rings is 2. The van der Waals surface area contributed by atoms with Crippen molar-refractivity contribution in [3.05, 3.63) is 59.7 Å². The summed E-state index contributed by atoms with van der Waals surface area (Å²) >= 11 is 0. The molecule has 126 valence electrons. The highest BCUT2D eigenvalue weighted by molar-refractivity contribution is 5.83. The summed E-state index contributed by atoms with van der Waals surface area (Å²) in [4.78, 5) is 11.8. The molecule has 5 heteroatoms. The minimum Gasteiger partial charge on any atom is -0.493 e. The van der Waals surface area contributed by atoms with E-state index in [4.69, 9.17) is 9.47 Å². The van der Waals surface area contributed by atoms with Gasteiger partial charge in [0.1, 0.15) is 0 Å². The van der Waals surface area contributed by atoms with Crippen LogP contribution in [0.25, 0.3) is 0 Å². The molecule has 0 aliphatic carbocycles. The minimum atomic E-state index is -0.337. The molecule has 0 spiro atoms. The zero-order valence-corrected chi connectivity index (χ0v) is 14.2. The molecule has 0 aromatic heterocycles. The molecule has 0 aliphatic heterocycles. The number of amides is 1. The maximum absolute atomic E-state index is 11.8. The fourth-order valence-electron chi connectivity index (χ4n) is 2.06. The van der Waals surface area contributed by atoms with Gasteiger partial charge in [-0.15, -0.1) is 0 Å². The van der Waals surface area contributed by atoms with Gasteiger partial charge in [-0.05, 0) is 29.2 Å². The predicted octanol–water partition coefficient (Wildman–Crippen LogP) is 3.35. The number of hydrogen-bond acceptors (Lipinski definition) is 4. The molecule has 0 aliphatic rings. The van der Waals surface area contributed by atoms with Gasteiger partial charge in [-0.2, -0.15) is 5.10 Å². The monoisotopic (exact) mass is 326 g/mol. The van der Waals surface area contributed by atoms with E-state index in [2.05, 4.69) is 36.5 Å². The van der Waals surface area contributed by atoms with Gasteiger partial charge >= 0.3 is 0 Å². The first-order valence-corrected chi connectivity index (χ1v) is 7.78. The first-order chi connectivity index (χ1) is 11.6. The van der Waals surface area contributed by atoms with Crippen molar-refractivity contribution in [2.75, 3.05) is 13.7 Å². The molecule has 1 amide bonds. The maximum atomic E-state index is 11.8. The number of nitrogens with one attached hydrogen (secondary N) is 1. The lowest BCUT2D eigenvalue weighted by atomic mass is 10.0. The summed E-state index contributed by atoms with van der Waals surface area (Å²) in [6.07, 6.45) is 1.60. The van der Waals surface area contributed by atoms with Gasteiger partial charge in [0.05, 0.1) is 13.3 Å². The van der Waals surface area contributed by atoms with Crippen LogP contribution in [0.2, 0.25) is 0 Å². The Kier molecular flexibility index (Phi) is 6.37. The molecular weight excluding hydrogens is 304 g/mol. The SMILES string of the molecule is COc1ccccc1OCC(=O)NN=Cc1ccc(C(C)C)cc1. The van der Waals surface area contributed by atoms with Crippen molar-refractivity contribution in [2.24, 2.45) is 5.10 Å². The van der Waals surface area contributed by atoms with Crippen molar-refractivity contribution in [1.82, 2.24) is 5.43 Å². The molecule has 0 radical (unpaired) electrons. The molecule has 2 aromatic carbocycles. The average Bonchev–Trinajstić information content (AvgIpc) is 2.60. The third-order valence-electron chi connectivity index (χ3n) is 3.43. The molecule has 24 heavy (non-hydrogen) atoms. The summed E-state index contributed by atoms with van der Waals surface area (Å²) < 4.78 is 10.6. The van der Waals surface area contributed by atoms with Gasteiger partial charge in [-0.3, -0.25) is 4.79 Å². The standard InChI is InChI=1S/C19H22N2O3/c1-14(2)16-10-8-15(9-11-16)12-20-21-19(22)13-24-18-7-5-4-6-17(18)23-3/h4-12,14H,13H2,1-3H3,(H,21,22). The number of ether oxygens (including phenoxy) is 2. The van der Waals surface area contributed by atoms with E-state index in [9.17, 15) is 4.79 Å². The summed E-state index contributed by atoms with van der Waals surface area (Å²) in [7, 11) is 1.55. The third kappa shape index (κ3) is 5.12. The molecule has 0 atom stereocenters. The van der Waals surface area contributed by atoms with Crippen molar-refractivity contribution in [2.45, 2.75) is 19.8 Å². The van der Waals surface area contributed by atoms with Crippen LogP contribution in [0.3, 0.4) is 0 Å². The van der Waals surface area contributed by atoms with E-state index in [1.54, 1.807) is 25.5 Å². The lowest BCUT2D eigenvalue weighted by molar-refractivity contribution is -0.123. The highest BCUT2D eigenvalue weighted by atomic mass is 16.5. The van der Waals surface area contributed by atoms with E-state index >= 15 is 0 Å². The molecule has 0 saturated carbocycles. The summed E-state index contributed by atoms with van der Waals surface area (Å²) in [5, 5.41) is 3.94. The van der Waals surface area contributed by atoms with Crippen molar-refractivity contribution in [3.63, 3.8) is 0 Å². The Morgan fingerprint density at radius 1 is 1.12 bits per heavy atom. The van der Waals surface area contributed by atoms with Gasteiger partial charge in [0.25, 0.3) is 5.91 Å². The second kappa shape index (κ2) is 8.72. The van der Waals surface area contributed by atoms with Gasteiger partial charge in [0.2, 0.25) is 0 Å². The topological polar surface area (TPSA) is 59.9 Å². The van der Waals surface area contributed by atoms with Crippen LogP contribution in [-0.2, 0) is 4.79 Å². The number of methoxy groups -OCH3 is 1. The number of hydrazone groups is 1. The second-order valence-corrected chi connectivity index (χ2v) is 5.55. The minimum absolute atomic E-state index is 0.135. The number of carbonyl (C=O) groups excluding carboxylic acids is 1. The number of para-hydroxylation sites is 2. The summed E-state index contributed by atoms with van der Waals surface area (Å²) in [5.74, 6) is 1.25. The highest BCUT2D eigenvalue weighted by Gasteiger charge is 2.05. The number of hydrogen-bond donors (Lipinski definition) is 1. The Morgan fingerprint density at radius 2 is 1.79 bits per heavy atom. The number of rotatable bonds is 7. The van der Waals surface area contributed by atoms with Crippen LogP contribution in [0, 0.1) is 0 Å². The molecular formula is C19H22N2O3. The van der Waals surface area contributed by atoms with Crippen LogP contribution in [-0.4, -0.2) is 25.8 Å². The summed E-state index contributed by atoms with van der Waals surface area (Å²) in [6, 6.07) is 15.2. The summed E-state index contributed by atoms with van der Waals surface area (Å²) in [5.41, 5.74) is 4.63. The smallest absolute Gasteiger partial charge is 0.277 e. The Labute approximate surface area is 142 Å². The van der Waals surface area contributed by atoms with Gasteiger partial charge < -0.3 is 9.47 Å². The Morgan fingerprint density at radius 3 is 2.42 bits per heavy atom. The maximum Gasteiger partial charge on any atom is 0.277 e. The van der Waals surface area contributed by atoms with E-state index in [0.29, 0.717) is 17.4 Å². The van der Waals surface area contributed by atoms with Gasteiger partial charge in [-0.1, -0.05) is 50.2 Å². The highest BCUT2D eigenvalue weighted by Crippen LogP contribution is 2.25. The fraction of sp³-hybridized carbons (Fsp3) is 0.263. The Bertz CT molecular complexity index is 694. The fourth-order valence-corrected chi connectivity index (χ4v) is 2.06. The van der Waals surface area contributed by atoms with Crippen molar-refractivity contribution >= 4 is 12.1 Å². The molecule has 1 N–H and O–H groups in total. The number of nitrogens with zero attached hydrogens (tertiary/aromatic N) is 1. The molecule has 0 saturated heterocycles. The molecule has 5 nitrogen and oxygen atoms in total. The molecule has 0 bridgehead atoms. The lowest BCUT2D eigenvalue weighted by Crippen LogP contribution is -2.24. The van der Waals surface area contributed by atoms with Crippen LogP contribution >= 0.6 is 0 Å². The van der Waals surface area contributed by atoms with Crippen LogP contribution in [0.5, 0.6) is 11.5 Å². The lowest BCUT2D eigenvalue weighted by Gasteiger charge is -2.09. The first-order valence-electron chi connectivity index (χ1n) is 7.78. The molecule has 0 unspecified atom stereocenters. The van der Waals surface area contributed by atoms with Crippen LogP contribution in [0.15, 0.2) is 53.6 Å². The Hall–Kier alpha value is -2.82. The summed E-state index contributed by atoms with van der Waals surface area (Å²) in [6.45, 7) is 4.15. The van der Waals surface area contributed by atoms with Crippen molar-refractivity contribution in [1.29, 1.82) is 0 Å². The van der Waals surface area contributed by atoms with Gasteiger partial charge in [0.15, 0.2) is 18.1 Å². The third-order valence-corrected chi connectivity index (χ3v) is 3.43. The molecule has 2 aromatic rings. The normalized spacial score (nSPS) is 10.8. The molecule has 0 heterocycles. The van der Waals surface area contributed by atoms with E-state index in [-0.39, 0.29) is 12.5 Å². The van der Waals surface area contributed by atoms with E-state index in [0.717, 1.165) is 5.56 Å². The number of carbonyl (C=O) groups is 1. The predicted molar refractivity (Wildman–Crippen MR) is 94.8 cm³/mol. The van der Waals surface area contributed by atoms with Gasteiger partial charge in [-0.25, -0.2) is 5.43 Å². The van der Waals surface area contributed by atoms with Crippen LogP contribution in [0.4, 0.5) is 0 Å². The van der Waals surface area contributed by atoms with E-state index in [1.165, 1.54) is 5.56 Å². The van der Waals surface area contributed by atoms with E-state index in [1.807, 2.05) is 24.3 Å². The van der Waals surface area contributed by atoms with Crippen molar-refractivity contribution < 1.29 is 14.3 Å². The Balaban J connectivity index is 1.82. The zero-order valence-electron chi connectivity index (χ0n) is 14.2.